The predicted octanol–water partition coefficient (Wildman–Crippen LogP) is 1.88. The Morgan fingerprint density at radius 1 is 0.889 bits per heavy atom. The summed E-state index contributed by atoms with van der Waals surface area (Å²) in [6.07, 6.45) is 3.73. The lowest BCUT2D eigenvalue weighted by atomic mass is 10.1. The first kappa shape index (κ1) is 17.8. The zero-order chi connectivity index (χ0) is 14.2. The van der Waals surface area contributed by atoms with Crippen molar-refractivity contribution in [3.8, 4) is 0 Å². The first-order valence-electron chi connectivity index (χ1n) is 6.08. The van der Waals surface area contributed by atoms with Crippen LogP contribution in [0, 0.1) is 0 Å². The van der Waals surface area contributed by atoms with Gasteiger partial charge in [0.2, 0.25) is 0 Å². The summed E-state index contributed by atoms with van der Waals surface area (Å²) in [7, 11) is -8.06. The maximum Gasteiger partial charge on any atom is 0.267 e. The van der Waals surface area contributed by atoms with E-state index < -0.39 is 25.5 Å². The molecule has 0 aliphatic carbocycles. The molecule has 0 aromatic carbocycles. The van der Waals surface area contributed by atoms with Crippen molar-refractivity contribution in [2.24, 2.45) is 0 Å². The van der Waals surface area contributed by atoms with Crippen LogP contribution in [-0.4, -0.2) is 36.9 Å². The fourth-order valence-corrected chi connectivity index (χ4v) is 3.22. The minimum Gasteiger partial charge on any atom is -0.286 e. The lowest BCUT2D eigenvalue weighted by molar-refractivity contribution is 0.446. The van der Waals surface area contributed by atoms with Gasteiger partial charge in [0.15, 0.2) is 0 Å². The summed E-state index contributed by atoms with van der Waals surface area (Å²) in [5, 5.41) is -0.828. The van der Waals surface area contributed by atoms with Crippen LogP contribution in [0.2, 0.25) is 0 Å². The van der Waals surface area contributed by atoms with Gasteiger partial charge in [-0.05, 0) is 19.3 Å². The van der Waals surface area contributed by atoms with Crippen molar-refractivity contribution in [2.75, 3.05) is 5.75 Å². The fraction of sp³-hybridized carbons (Fsp3) is 1.00. The van der Waals surface area contributed by atoms with E-state index in [1.807, 2.05) is 6.92 Å². The summed E-state index contributed by atoms with van der Waals surface area (Å²) in [4.78, 5) is 0. The first-order valence-corrected chi connectivity index (χ1v) is 9.19. The van der Waals surface area contributed by atoms with Crippen LogP contribution >= 0.6 is 0 Å². The van der Waals surface area contributed by atoms with E-state index in [1.54, 1.807) is 0 Å². The largest absolute Gasteiger partial charge is 0.286 e. The van der Waals surface area contributed by atoms with Gasteiger partial charge in [-0.25, -0.2) is 0 Å². The highest BCUT2D eigenvalue weighted by Crippen LogP contribution is 2.17. The Morgan fingerprint density at radius 2 is 1.39 bits per heavy atom. The first-order chi connectivity index (χ1) is 8.17. The molecule has 0 spiro atoms. The van der Waals surface area contributed by atoms with Crippen molar-refractivity contribution < 1.29 is 25.9 Å². The molecule has 0 aromatic heterocycles. The standard InChI is InChI=1S/C10H22O6S2/c1-2-3-4-7-10(18(14,15)16)8-5-6-9-17(11,12)13/h10H,2-9H2,1H3,(H,11,12,13)(H,14,15,16). The van der Waals surface area contributed by atoms with Gasteiger partial charge in [0.1, 0.15) is 0 Å². The second kappa shape index (κ2) is 8.08. The third-order valence-electron chi connectivity index (χ3n) is 2.73. The average Bonchev–Trinajstić information content (AvgIpc) is 2.18. The lowest BCUT2D eigenvalue weighted by Gasteiger charge is -2.13. The summed E-state index contributed by atoms with van der Waals surface area (Å²) in [5.74, 6) is -0.375. The normalized spacial score (nSPS) is 14.6. The molecule has 2 N–H and O–H groups in total. The number of unbranched alkanes of at least 4 members (excludes halogenated alkanes) is 3. The van der Waals surface area contributed by atoms with Gasteiger partial charge in [0.05, 0.1) is 11.0 Å². The van der Waals surface area contributed by atoms with E-state index in [0.29, 0.717) is 12.8 Å². The van der Waals surface area contributed by atoms with Crippen LogP contribution in [-0.2, 0) is 20.2 Å². The molecule has 0 amide bonds. The van der Waals surface area contributed by atoms with Crippen molar-refractivity contribution >= 4 is 20.2 Å². The monoisotopic (exact) mass is 302 g/mol. The zero-order valence-corrected chi connectivity index (χ0v) is 12.2. The third-order valence-corrected chi connectivity index (χ3v) is 4.85. The Kier molecular flexibility index (Phi) is 8.00. The van der Waals surface area contributed by atoms with Crippen LogP contribution in [0.4, 0.5) is 0 Å². The van der Waals surface area contributed by atoms with E-state index in [9.17, 15) is 16.8 Å². The SMILES string of the molecule is CCCCCC(CCCCS(=O)(=O)O)S(=O)(=O)O. The topological polar surface area (TPSA) is 109 Å². The number of hydrogen-bond donors (Lipinski definition) is 2. The lowest BCUT2D eigenvalue weighted by Crippen LogP contribution is -2.20. The molecule has 8 heteroatoms. The molecular formula is C10H22O6S2. The van der Waals surface area contributed by atoms with Crippen LogP contribution in [0.5, 0.6) is 0 Å². The molecule has 0 saturated carbocycles. The minimum atomic E-state index is -4.07. The molecule has 0 bridgehead atoms. The summed E-state index contributed by atoms with van der Waals surface area (Å²) in [6, 6.07) is 0. The van der Waals surface area contributed by atoms with Crippen molar-refractivity contribution in [1.29, 1.82) is 0 Å². The molecule has 0 fully saturated rings. The van der Waals surface area contributed by atoms with E-state index in [4.69, 9.17) is 9.11 Å². The smallest absolute Gasteiger partial charge is 0.267 e. The molecule has 0 saturated heterocycles. The summed E-state index contributed by atoms with van der Waals surface area (Å²) >= 11 is 0. The molecule has 0 aliphatic rings. The molecule has 110 valence electrons. The minimum absolute atomic E-state index is 0.193. The van der Waals surface area contributed by atoms with Crippen LogP contribution in [0.15, 0.2) is 0 Å². The molecule has 18 heavy (non-hydrogen) atoms. The van der Waals surface area contributed by atoms with Gasteiger partial charge < -0.3 is 0 Å². The third kappa shape index (κ3) is 9.81. The molecule has 0 heterocycles. The molecule has 0 aromatic rings. The average molecular weight is 302 g/mol. The molecular weight excluding hydrogens is 280 g/mol. The molecule has 0 radical (unpaired) electrons. The number of hydrogen-bond acceptors (Lipinski definition) is 4. The Hall–Kier alpha value is -0.180. The quantitative estimate of drug-likeness (QED) is 0.471. The summed E-state index contributed by atoms with van der Waals surface area (Å²) in [6.45, 7) is 1.99. The maximum atomic E-state index is 11.1. The van der Waals surface area contributed by atoms with E-state index in [0.717, 1.165) is 19.3 Å². The zero-order valence-electron chi connectivity index (χ0n) is 10.6. The van der Waals surface area contributed by atoms with Gasteiger partial charge in [-0.1, -0.05) is 32.6 Å². The summed E-state index contributed by atoms with van der Waals surface area (Å²) < 4.78 is 60.7. The highest BCUT2D eigenvalue weighted by molar-refractivity contribution is 7.86. The second-order valence-corrected chi connectivity index (χ2v) is 7.68. The molecule has 1 atom stereocenters. The summed E-state index contributed by atoms with van der Waals surface area (Å²) in [5.41, 5.74) is 0. The maximum absolute atomic E-state index is 11.1. The Labute approximate surface area is 109 Å². The van der Waals surface area contributed by atoms with Crippen LogP contribution in [0.1, 0.15) is 51.9 Å². The van der Waals surface area contributed by atoms with Crippen LogP contribution in [0.25, 0.3) is 0 Å². The highest BCUT2D eigenvalue weighted by atomic mass is 32.2. The van der Waals surface area contributed by atoms with E-state index in [-0.39, 0.29) is 18.6 Å². The molecule has 0 rings (SSSR count). The molecule has 0 aliphatic heterocycles. The molecule has 1 unspecified atom stereocenters. The van der Waals surface area contributed by atoms with E-state index >= 15 is 0 Å². The van der Waals surface area contributed by atoms with Crippen molar-refractivity contribution in [3.63, 3.8) is 0 Å². The van der Waals surface area contributed by atoms with Gasteiger partial charge in [-0.3, -0.25) is 9.11 Å². The molecule has 6 nitrogen and oxygen atoms in total. The predicted molar refractivity (Wildman–Crippen MR) is 69.7 cm³/mol. The fourth-order valence-electron chi connectivity index (χ4n) is 1.72. The Bertz CT molecular complexity index is 412. The van der Waals surface area contributed by atoms with E-state index in [2.05, 4.69) is 0 Å². The van der Waals surface area contributed by atoms with Gasteiger partial charge in [-0.15, -0.1) is 0 Å². The van der Waals surface area contributed by atoms with Gasteiger partial charge in [0, 0.05) is 0 Å². The van der Waals surface area contributed by atoms with E-state index in [1.165, 1.54) is 0 Å². The Balaban J connectivity index is 4.11. The van der Waals surface area contributed by atoms with Gasteiger partial charge >= 0.3 is 0 Å². The highest BCUT2D eigenvalue weighted by Gasteiger charge is 2.22. The van der Waals surface area contributed by atoms with Crippen molar-refractivity contribution in [3.05, 3.63) is 0 Å². The van der Waals surface area contributed by atoms with Crippen molar-refractivity contribution in [2.45, 2.75) is 57.1 Å². The van der Waals surface area contributed by atoms with Gasteiger partial charge in [-0.2, -0.15) is 16.8 Å². The number of rotatable bonds is 10. The van der Waals surface area contributed by atoms with Crippen molar-refractivity contribution in [1.82, 2.24) is 0 Å². The second-order valence-electron chi connectivity index (χ2n) is 4.41. The van der Waals surface area contributed by atoms with Gasteiger partial charge in [0.25, 0.3) is 20.2 Å². The Morgan fingerprint density at radius 3 is 1.78 bits per heavy atom. The van der Waals surface area contributed by atoms with Crippen LogP contribution < -0.4 is 0 Å². The van der Waals surface area contributed by atoms with Crippen LogP contribution in [0.3, 0.4) is 0 Å².